The van der Waals surface area contributed by atoms with Gasteiger partial charge < -0.3 is 29.4 Å². The fourth-order valence-electron chi connectivity index (χ4n) is 3.26. The number of morpholine rings is 1. The number of hydrogen-bond acceptors (Lipinski definition) is 7. The second-order valence-electron chi connectivity index (χ2n) is 7.32. The minimum Gasteiger partial charge on any atom is -0.493 e. The average Bonchev–Trinajstić information content (AvgIpc) is 3.12. The summed E-state index contributed by atoms with van der Waals surface area (Å²) in [6, 6.07) is 5.68. The van der Waals surface area contributed by atoms with E-state index >= 15 is 0 Å². The minimum atomic E-state index is 0.420. The molecule has 0 bridgehead atoms. The van der Waals surface area contributed by atoms with Crippen LogP contribution in [0.1, 0.15) is 18.1 Å². The summed E-state index contributed by atoms with van der Waals surface area (Å²) in [5, 5.41) is 15.1. The Kier molecular flexibility index (Phi) is 8.48. The Balaban J connectivity index is 1.64. The second-order valence-corrected chi connectivity index (χ2v) is 7.32. The van der Waals surface area contributed by atoms with Crippen LogP contribution in [0.25, 0.3) is 0 Å². The fraction of sp³-hybridized carbons (Fsp3) is 0.571. The van der Waals surface area contributed by atoms with Gasteiger partial charge in [-0.05, 0) is 32.0 Å². The number of hydrogen-bond donors (Lipinski definition) is 2. The summed E-state index contributed by atoms with van der Waals surface area (Å²) in [5.41, 5.74) is 0.853. The maximum atomic E-state index is 5.41. The highest BCUT2D eigenvalue weighted by Crippen LogP contribution is 2.29. The predicted molar refractivity (Wildman–Crippen MR) is 120 cm³/mol. The molecular formula is C21H33N7O3. The molecule has 1 aromatic carbocycles. The molecule has 0 amide bonds. The van der Waals surface area contributed by atoms with E-state index in [9.17, 15) is 0 Å². The first-order valence-electron chi connectivity index (χ1n) is 10.5. The molecule has 31 heavy (non-hydrogen) atoms. The normalized spacial score (nSPS) is 15.0. The zero-order valence-corrected chi connectivity index (χ0v) is 18.8. The van der Waals surface area contributed by atoms with Crippen molar-refractivity contribution in [2.24, 2.45) is 12.0 Å². The van der Waals surface area contributed by atoms with E-state index in [0.29, 0.717) is 24.0 Å². The van der Waals surface area contributed by atoms with Crippen LogP contribution in [0.5, 0.6) is 11.5 Å². The van der Waals surface area contributed by atoms with Gasteiger partial charge in [0.1, 0.15) is 12.4 Å². The van der Waals surface area contributed by atoms with Gasteiger partial charge in [-0.1, -0.05) is 0 Å². The molecule has 10 heteroatoms. The number of methoxy groups -OCH3 is 2. The third-order valence-corrected chi connectivity index (χ3v) is 5.25. The van der Waals surface area contributed by atoms with Crippen molar-refractivity contribution in [3.05, 3.63) is 29.8 Å². The molecule has 0 spiro atoms. The molecule has 0 radical (unpaired) electrons. The summed E-state index contributed by atoms with van der Waals surface area (Å²) in [5.74, 6) is 3.68. The van der Waals surface area contributed by atoms with Crippen LogP contribution in [0.15, 0.2) is 23.2 Å². The maximum absolute atomic E-state index is 5.41. The third-order valence-electron chi connectivity index (χ3n) is 5.25. The number of nitrogens with zero attached hydrogens (tertiary/aromatic N) is 5. The SMILES string of the molecule is COc1ccc(NC(=NCc2nnc(C)n2C)NCCCN2CCOCC2)cc1OC. The van der Waals surface area contributed by atoms with Crippen LogP contribution >= 0.6 is 0 Å². The van der Waals surface area contributed by atoms with Crippen LogP contribution in [0.3, 0.4) is 0 Å². The number of nitrogens with one attached hydrogen (secondary N) is 2. The van der Waals surface area contributed by atoms with Crippen molar-refractivity contribution >= 4 is 11.6 Å². The Morgan fingerprint density at radius 3 is 2.61 bits per heavy atom. The zero-order chi connectivity index (χ0) is 22.1. The molecule has 2 aromatic rings. The molecule has 0 atom stereocenters. The van der Waals surface area contributed by atoms with Crippen LogP contribution in [0, 0.1) is 6.92 Å². The molecule has 0 unspecified atom stereocenters. The van der Waals surface area contributed by atoms with Gasteiger partial charge in [0.15, 0.2) is 23.3 Å². The van der Waals surface area contributed by atoms with Gasteiger partial charge in [0, 0.05) is 38.4 Å². The smallest absolute Gasteiger partial charge is 0.196 e. The lowest BCUT2D eigenvalue weighted by molar-refractivity contribution is 0.0376. The molecule has 1 aliphatic rings. The Labute approximate surface area is 183 Å². The number of benzene rings is 1. The van der Waals surface area contributed by atoms with E-state index in [0.717, 1.165) is 63.1 Å². The maximum Gasteiger partial charge on any atom is 0.196 e. The average molecular weight is 432 g/mol. The number of ether oxygens (including phenoxy) is 3. The van der Waals surface area contributed by atoms with Crippen molar-refractivity contribution in [1.82, 2.24) is 25.0 Å². The van der Waals surface area contributed by atoms with E-state index in [-0.39, 0.29) is 0 Å². The summed E-state index contributed by atoms with van der Waals surface area (Å²) in [6.07, 6.45) is 1.01. The number of rotatable bonds is 9. The summed E-state index contributed by atoms with van der Waals surface area (Å²) in [4.78, 5) is 7.13. The molecule has 10 nitrogen and oxygen atoms in total. The molecule has 0 aliphatic carbocycles. The summed E-state index contributed by atoms with van der Waals surface area (Å²) < 4.78 is 18.1. The van der Waals surface area contributed by atoms with E-state index < -0.39 is 0 Å². The summed E-state index contributed by atoms with van der Waals surface area (Å²) >= 11 is 0. The second kappa shape index (κ2) is 11.5. The highest BCUT2D eigenvalue weighted by Gasteiger charge is 2.11. The minimum absolute atomic E-state index is 0.420. The van der Waals surface area contributed by atoms with Crippen molar-refractivity contribution in [2.75, 3.05) is 58.9 Å². The van der Waals surface area contributed by atoms with Gasteiger partial charge in [-0.15, -0.1) is 10.2 Å². The third kappa shape index (κ3) is 6.56. The molecule has 1 aliphatic heterocycles. The van der Waals surface area contributed by atoms with Crippen molar-refractivity contribution in [2.45, 2.75) is 19.9 Å². The zero-order valence-electron chi connectivity index (χ0n) is 18.8. The summed E-state index contributed by atoms with van der Waals surface area (Å²) in [6.45, 7) is 7.80. The van der Waals surface area contributed by atoms with Crippen LogP contribution in [0.2, 0.25) is 0 Å². The summed E-state index contributed by atoms with van der Waals surface area (Å²) in [7, 11) is 5.19. The molecule has 1 fully saturated rings. The lowest BCUT2D eigenvalue weighted by atomic mass is 10.2. The molecule has 2 N–H and O–H groups in total. The van der Waals surface area contributed by atoms with E-state index in [1.54, 1.807) is 14.2 Å². The van der Waals surface area contributed by atoms with Crippen molar-refractivity contribution in [3.63, 3.8) is 0 Å². The van der Waals surface area contributed by atoms with Crippen LogP contribution in [-0.4, -0.2) is 79.2 Å². The Bertz CT molecular complexity index is 863. The van der Waals surface area contributed by atoms with Gasteiger partial charge in [0.25, 0.3) is 0 Å². The number of aromatic nitrogens is 3. The van der Waals surface area contributed by atoms with Crippen LogP contribution < -0.4 is 20.1 Å². The molecule has 1 saturated heterocycles. The topological polar surface area (TPSA) is 98.1 Å². The number of aryl methyl sites for hydroxylation is 1. The molecule has 3 rings (SSSR count). The standard InChI is InChI=1S/C21H33N7O3/c1-16-25-26-20(27(16)2)15-23-21(22-8-5-9-28-10-12-31-13-11-28)24-17-6-7-18(29-3)19(14-17)30-4/h6-7,14H,5,8-13,15H2,1-4H3,(H2,22,23,24). The highest BCUT2D eigenvalue weighted by molar-refractivity contribution is 5.93. The van der Waals surface area contributed by atoms with Gasteiger partial charge >= 0.3 is 0 Å². The quantitative estimate of drug-likeness (QED) is 0.350. The van der Waals surface area contributed by atoms with Crippen molar-refractivity contribution in [3.8, 4) is 11.5 Å². The first-order valence-corrected chi connectivity index (χ1v) is 10.5. The Morgan fingerprint density at radius 1 is 1.16 bits per heavy atom. The van der Waals surface area contributed by atoms with Gasteiger partial charge in [-0.3, -0.25) is 4.90 Å². The lowest BCUT2D eigenvalue weighted by Gasteiger charge is -2.26. The first kappa shape index (κ1) is 22.8. The van der Waals surface area contributed by atoms with E-state index in [1.807, 2.05) is 36.7 Å². The fourth-order valence-corrected chi connectivity index (χ4v) is 3.26. The van der Waals surface area contributed by atoms with Gasteiger partial charge in [0.05, 0.1) is 27.4 Å². The van der Waals surface area contributed by atoms with Gasteiger partial charge in [-0.2, -0.15) is 0 Å². The van der Waals surface area contributed by atoms with Crippen LogP contribution in [-0.2, 0) is 18.3 Å². The molecule has 1 aromatic heterocycles. The largest absolute Gasteiger partial charge is 0.493 e. The number of aliphatic imine (C=N–C) groups is 1. The van der Waals surface area contributed by atoms with Crippen molar-refractivity contribution < 1.29 is 14.2 Å². The molecule has 0 saturated carbocycles. The number of guanidine groups is 1. The highest BCUT2D eigenvalue weighted by atomic mass is 16.5. The Hall–Kier alpha value is -2.85. The Morgan fingerprint density at radius 2 is 1.94 bits per heavy atom. The van der Waals surface area contributed by atoms with Gasteiger partial charge in [-0.25, -0.2) is 4.99 Å². The van der Waals surface area contributed by atoms with E-state index in [2.05, 4.69) is 25.7 Å². The predicted octanol–water partition coefficient (Wildman–Crippen LogP) is 1.42. The molecular weight excluding hydrogens is 398 g/mol. The van der Waals surface area contributed by atoms with Crippen LogP contribution in [0.4, 0.5) is 5.69 Å². The first-order chi connectivity index (χ1) is 15.1. The monoisotopic (exact) mass is 431 g/mol. The van der Waals surface area contributed by atoms with E-state index in [1.165, 1.54) is 0 Å². The molecule has 170 valence electrons. The van der Waals surface area contributed by atoms with E-state index in [4.69, 9.17) is 19.2 Å². The number of anilines is 1. The molecule has 2 heterocycles. The lowest BCUT2D eigenvalue weighted by Crippen LogP contribution is -2.39. The van der Waals surface area contributed by atoms with Gasteiger partial charge in [0.2, 0.25) is 0 Å². The van der Waals surface area contributed by atoms with Crippen molar-refractivity contribution in [1.29, 1.82) is 0 Å².